The second-order valence-corrected chi connectivity index (χ2v) is 2.78. The van der Waals surface area contributed by atoms with Crippen LogP contribution in [0.5, 0.6) is 0 Å². The van der Waals surface area contributed by atoms with Crippen LogP contribution < -0.4 is 0 Å². The zero-order valence-corrected chi connectivity index (χ0v) is 7.18. The van der Waals surface area contributed by atoms with Gasteiger partial charge in [0.05, 0.1) is 0 Å². The molecule has 0 aliphatic rings. The van der Waals surface area contributed by atoms with E-state index < -0.39 is 22.5 Å². The van der Waals surface area contributed by atoms with Crippen LogP contribution in [-0.4, -0.2) is 31.3 Å². The highest BCUT2D eigenvalue weighted by atomic mass is 32.2. The zero-order valence-electron chi connectivity index (χ0n) is 5.47. The lowest BCUT2D eigenvalue weighted by Gasteiger charge is -1.99. The van der Waals surface area contributed by atoms with Crippen molar-refractivity contribution in [2.24, 2.45) is 4.36 Å². The van der Waals surface area contributed by atoms with Gasteiger partial charge in [-0.25, -0.2) is 4.79 Å². The van der Waals surface area contributed by atoms with Crippen LogP contribution in [0.2, 0.25) is 0 Å². The minimum Gasteiger partial charge on any atom is -0.480 e. The lowest BCUT2D eigenvalue weighted by atomic mass is 10.2. The van der Waals surface area contributed by atoms with E-state index in [2.05, 4.69) is 17.0 Å². The summed E-state index contributed by atoms with van der Waals surface area (Å²) in [5, 5.41) is 8.35. The molecule has 0 aromatic carbocycles. The maximum Gasteiger partial charge on any atom is 0.329 e. The number of hydrogen-bond acceptors (Lipinski definition) is 5. The first-order chi connectivity index (χ1) is 5.07. The molecule has 0 bridgehead atoms. The van der Waals surface area contributed by atoms with Gasteiger partial charge in [-0.05, 0) is 12.2 Å². The molecule has 1 atom stereocenters. The van der Waals surface area contributed by atoms with Crippen molar-refractivity contribution in [1.82, 2.24) is 0 Å². The monoisotopic (exact) mass is 197 g/mol. The van der Waals surface area contributed by atoms with Gasteiger partial charge in [0.1, 0.15) is 0 Å². The topological polar surface area (TPSA) is 83.8 Å². The molecule has 0 aliphatic heterocycles. The minimum atomic E-state index is -2.66. The SMILES string of the molecule is O=C(O)[C@H](CCS)N=S(=O)=O. The summed E-state index contributed by atoms with van der Waals surface area (Å²) in [5.74, 6) is -0.958. The Morgan fingerprint density at radius 1 is 1.64 bits per heavy atom. The third-order valence-electron chi connectivity index (χ3n) is 0.901. The highest BCUT2D eigenvalue weighted by Crippen LogP contribution is 1.99. The van der Waals surface area contributed by atoms with Gasteiger partial charge in [0.2, 0.25) is 0 Å². The normalized spacial score (nSPS) is 12.1. The molecule has 0 rings (SSSR count). The molecular formula is C4H7NO4S2. The van der Waals surface area contributed by atoms with E-state index in [9.17, 15) is 13.2 Å². The molecule has 0 aliphatic carbocycles. The number of carboxylic acid groups (broad SMARTS) is 1. The van der Waals surface area contributed by atoms with Crippen molar-refractivity contribution in [3.05, 3.63) is 0 Å². The molecule has 64 valence electrons. The second-order valence-electron chi connectivity index (χ2n) is 1.69. The van der Waals surface area contributed by atoms with Crippen molar-refractivity contribution in [3.8, 4) is 0 Å². The molecule has 0 heterocycles. The molecule has 1 N–H and O–H groups in total. The van der Waals surface area contributed by atoms with E-state index in [0.717, 1.165) is 0 Å². The van der Waals surface area contributed by atoms with Crippen molar-refractivity contribution < 1.29 is 18.3 Å². The van der Waals surface area contributed by atoms with Crippen molar-refractivity contribution >= 4 is 29.1 Å². The standard InChI is InChI=1S/C4H7NO4S2/c6-4(7)3(1-2-10)5-11(8)9/h3,10H,1-2H2,(H,6,7)/t3-/m0/s1. The van der Waals surface area contributed by atoms with Crippen LogP contribution in [0.4, 0.5) is 0 Å². The number of hydrogen-bond donors (Lipinski definition) is 2. The predicted molar refractivity (Wildman–Crippen MR) is 41.2 cm³/mol. The fraction of sp³-hybridized carbons (Fsp3) is 0.750. The number of carbonyl (C=O) groups is 1. The minimum absolute atomic E-state index is 0.117. The van der Waals surface area contributed by atoms with Crippen molar-refractivity contribution in [2.45, 2.75) is 12.5 Å². The van der Waals surface area contributed by atoms with Gasteiger partial charge in [0.15, 0.2) is 6.04 Å². The largest absolute Gasteiger partial charge is 0.480 e. The predicted octanol–water partition coefficient (Wildman–Crippen LogP) is -0.178. The van der Waals surface area contributed by atoms with Crippen LogP contribution in [-0.2, 0) is 15.3 Å². The number of aliphatic carboxylic acids is 1. The highest BCUT2D eigenvalue weighted by Gasteiger charge is 2.14. The third kappa shape index (κ3) is 4.79. The van der Waals surface area contributed by atoms with Gasteiger partial charge in [0.25, 0.3) is 0 Å². The molecule has 0 fully saturated rings. The lowest BCUT2D eigenvalue weighted by Crippen LogP contribution is -2.17. The van der Waals surface area contributed by atoms with Crippen molar-refractivity contribution in [2.75, 3.05) is 5.75 Å². The van der Waals surface area contributed by atoms with Crippen molar-refractivity contribution in [3.63, 3.8) is 0 Å². The first-order valence-electron chi connectivity index (χ1n) is 2.71. The van der Waals surface area contributed by atoms with E-state index in [1.807, 2.05) is 0 Å². The molecule has 5 nitrogen and oxygen atoms in total. The summed E-state index contributed by atoms with van der Waals surface area (Å²) >= 11 is 3.75. The van der Waals surface area contributed by atoms with E-state index in [-0.39, 0.29) is 12.2 Å². The molecule has 7 heteroatoms. The number of rotatable bonds is 4. The fourth-order valence-corrected chi connectivity index (χ4v) is 1.10. The third-order valence-corrected chi connectivity index (χ3v) is 1.59. The molecule has 0 aromatic rings. The Labute approximate surface area is 70.5 Å². The van der Waals surface area contributed by atoms with Gasteiger partial charge >= 0.3 is 16.5 Å². The van der Waals surface area contributed by atoms with Crippen LogP contribution in [0.3, 0.4) is 0 Å². The van der Waals surface area contributed by atoms with Crippen LogP contribution in [0.25, 0.3) is 0 Å². The number of nitrogens with zero attached hydrogens (tertiary/aromatic N) is 1. The number of carboxylic acids is 1. The van der Waals surface area contributed by atoms with Gasteiger partial charge in [-0.1, -0.05) is 0 Å². The Hall–Kier alpha value is -0.560. The average Bonchev–Trinajstić information content (AvgIpc) is 1.86. The molecule has 0 amide bonds. The van der Waals surface area contributed by atoms with E-state index in [1.54, 1.807) is 0 Å². The van der Waals surface area contributed by atoms with Crippen molar-refractivity contribution in [1.29, 1.82) is 0 Å². The maximum atomic E-state index is 10.2. The van der Waals surface area contributed by atoms with E-state index in [0.29, 0.717) is 0 Å². The zero-order chi connectivity index (χ0) is 8.85. The summed E-state index contributed by atoms with van der Waals surface area (Å²) in [6.45, 7) is 0. The Morgan fingerprint density at radius 3 is 2.45 bits per heavy atom. The van der Waals surface area contributed by atoms with E-state index >= 15 is 0 Å². The average molecular weight is 197 g/mol. The van der Waals surface area contributed by atoms with Gasteiger partial charge in [-0.2, -0.15) is 25.4 Å². The summed E-state index contributed by atoms with van der Waals surface area (Å²) in [4.78, 5) is 10.2. The lowest BCUT2D eigenvalue weighted by molar-refractivity contribution is -0.138. The quantitative estimate of drug-likeness (QED) is 0.612. The van der Waals surface area contributed by atoms with E-state index in [4.69, 9.17) is 5.11 Å². The maximum absolute atomic E-state index is 10.2. The first kappa shape index (κ1) is 10.4. The van der Waals surface area contributed by atoms with Gasteiger partial charge in [-0.3, -0.25) is 0 Å². The Balaban J connectivity index is 4.35. The van der Waals surface area contributed by atoms with Crippen LogP contribution in [0.15, 0.2) is 4.36 Å². The van der Waals surface area contributed by atoms with Crippen LogP contribution >= 0.6 is 12.6 Å². The molecule has 0 unspecified atom stereocenters. The highest BCUT2D eigenvalue weighted by molar-refractivity contribution is 7.80. The Morgan fingerprint density at radius 2 is 2.18 bits per heavy atom. The summed E-state index contributed by atoms with van der Waals surface area (Å²) in [5.41, 5.74) is 0. The smallest absolute Gasteiger partial charge is 0.329 e. The van der Waals surface area contributed by atoms with Gasteiger partial charge in [-0.15, -0.1) is 0 Å². The molecule has 11 heavy (non-hydrogen) atoms. The van der Waals surface area contributed by atoms with Gasteiger partial charge in [0, 0.05) is 0 Å². The van der Waals surface area contributed by atoms with E-state index in [1.165, 1.54) is 0 Å². The Kier molecular flexibility index (Phi) is 4.88. The molecular weight excluding hydrogens is 190 g/mol. The molecule has 0 radical (unpaired) electrons. The fourth-order valence-electron chi connectivity index (χ4n) is 0.447. The molecule has 0 saturated heterocycles. The second kappa shape index (κ2) is 5.14. The van der Waals surface area contributed by atoms with Crippen LogP contribution in [0, 0.1) is 0 Å². The van der Waals surface area contributed by atoms with Gasteiger partial charge < -0.3 is 5.11 Å². The summed E-state index contributed by atoms with van der Waals surface area (Å²) < 4.78 is 22.8. The summed E-state index contributed by atoms with van der Waals surface area (Å²) in [6.07, 6.45) is 0.117. The first-order valence-corrected chi connectivity index (χ1v) is 4.38. The number of thiol groups is 1. The molecule has 0 aromatic heterocycles. The summed E-state index contributed by atoms with van der Waals surface area (Å²) in [6, 6.07) is -1.19. The molecule has 0 spiro atoms. The summed E-state index contributed by atoms with van der Waals surface area (Å²) in [7, 11) is -2.66. The van der Waals surface area contributed by atoms with Crippen LogP contribution in [0.1, 0.15) is 6.42 Å². The Bertz CT molecular complexity index is 249. The molecule has 0 saturated carbocycles.